The largest absolute Gasteiger partial charge is 0.324 e. The van der Waals surface area contributed by atoms with Crippen molar-refractivity contribution in [3.05, 3.63) is 0 Å². The Morgan fingerprint density at radius 3 is 0.605 bits per heavy atom. The number of hydrogen-bond donors (Lipinski definition) is 0. The highest BCUT2D eigenvalue weighted by Crippen LogP contribution is 2.20. The van der Waals surface area contributed by atoms with Gasteiger partial charge in [-0.15, -0.1) is 0 Å². The highest BCUT2D eigenvalue weighted by Gasteiger charge is 2.25. The average Bonchev–Trinajstić information content (AvgIpc) is 2.92. The summed E-state index contributed by atoms with van der Waals surface area (Å²) >= 11 is 0. The molecule has 0 aromatic heterocycles. The van der Waals surface area contributed by atoms with Crippen LogP contribution < -0.4 is 0 Å². The molecule has 38 heavy (non-hydrogen) atoms. The molecule has 0 N–H and O–H groups in total. The molecule has 0 amide bonds. The number of unbranched alkanes of at least 4 members (excludes halogenated alkanes) is 25. The van der Waals surface area contributed by atoms with E-state index in [0.717, 1.165) is 0 Å². The van der Waals surface area contributed by atoms with Crippen molar-refractivity contribution in [3.8, 4) is 0 Å². The molecule has 230 valence electrons. The minimum absolute atomic E-state index is 1.36. The normalized spacial score (nSPS) is 12.0. The van der Waals surface area contributed by atoms with Crippen molar-refractivity contribution in [2.24, 2.45) is 0 Å². The molecule has 0 atom stereocenters. The van der Waals surface area contributed by atoms with Crippen LogP contribution in [0.2, 0.25) is 0 Å². The van der Waals surface area contributed by atoms with Gasteiger partial charge in [0, 0.05) is 0 Å². The first-order valence-electron chi connectivity index (χ1n) is 18.6. The molecule has 0 aliphatic heterocycles. The van der Waals surface area contributed by atoms with Gasteiger partial charge in [-0.2, -0.15) is 0 Å². The number of nitrogens with zero attached hydrogens (tertiary/aromatic N) is 1. The zero-order chi connectivity index (χ0) is 27.8. The van der Waals surface area contributed by atoms with Crippen LogP contribution in [-0.2, 0) is 0 Å². The molecule has 0 aliphatic rings. The Bertz CT molecular complexity index is 390. The number of quaternary nitrogens is 1. The van der Waals surface area contributed by atoms with E-state index >= 15 is 0 Å². The maximum absolute atomic E-state index is 2.36. The smallest absolute Gasteiger partial charge is 0.0786 e. The van der Waals surface area contributed by atoms with Crippen LogP contribution in [0.4, 0.5) is 0 Å². The van der Waals surface area contributed by atoms with Gasteiger partial charge < -0.3 is 4.48 Å². The minimum Gasteiger partial charge on any atom is -0.324 e. The van der Waals surface area contributed by atoms with Gasteiger partial charge in [-0.25, -0.2) is 0 Å². The van der Waals surface area contributed by atoms with Crippen LogP contribution in [0.1, 0.15) is 214 Å². The molecule has 0 aliphatic carbocycles. The summed E-state index contributed by atoms with van der Waals surface area (Å²) in [6.45, 7) is 15.2. The van der Waals surface area contributed by atoms with Crippen LogP contribution in [0.3, 0.4) is 0 Å². The van der Waals surface area contributed by atoms with E-state index in [1.807, 2.05) is 0 Å². The topological polar surface area (TPSA) is 0 Å². The summed E-state index contributed by atoms with van der Waals surface area (Å²) in [6.07, 6.45) is 42.3. The number of rotatable bonds is 33. The average molecular weight is 537 g/mol. The maximum Gasteiger partial charge on any atom is 0.0786 e. The van der Waals surface area contributed by atoms with Gasteiger partial charge in [0.25, 0.3) is 0 Å². The molecule has 1 heteroatoms. The Morgan fingerprint density at radius 2 is 0.368 bits per heavy atom. The molecule has 0 fully saturated rings. The molecular formula is C37H78N+. The molecule has 0 heterocycles. The summed E-state index contributed by atoms with van der Waals surface area (Å²) in [7, 11) is 0. The monoisotopic (exact) mass is 537 g/mol. The van der Waals surface area contributed by atoms with Crippen LogP contribution in [0, 0.1) is 0 Å². The van der Waals surface area contributed by atoms with Gasteiger partial charge in [-0.05, 0) is 51.4 Å². The molecule has 0 spiro atoms. The van der Waals surface area contributed by atoms with E-state index in [2.05, 4.69) is 27.7 Å². The molecular weight excluding hydrogens is 458 g/mol. The van der Waals surface area contributed by atoms with E-state index in [0.29, 0.717) is 0 Å². The lowest BCUT2D eigenvalue weighted by atomic mass is 10.0. The van der Waals surface area contributed by atoms with Gasteiger partial charge in [-0.1, -0.05) is 163 Å². The molecule has 0 radical (unpaired) electrons. The highest BCUT2D eigenvalue weighted by atomic mass is 15.3. The van der Waals surface area contributed by atoms with Crippen LogP contribution in [0.25, 0.3) is 0 Å². The Balaban J connectivity index is 3.77. The lowest BCUT2D eigenvalue weighted by Crippen LogP contribution is -2.50. The first-order chi connectivity index (χ1) is 18.7. The summed E-state index contributed by atoms with van der Waals surface area (Å²) in [5, 5.41) is 0. The molecule has 1 nitrogen and oxygen atoms in total. The van der Waals surface area contributed by atoms with Gasteiger partial charge in [-0.3, -0.25) is 0 Å². The number of hydrogen-bond acceptors (Lipinski definition) is 0. The van der Waals surface area contributed by atoms with Crippen molar-refractivity contribution < 1.29 is 4.48 Å². The zero-order valence-corrected chi connectivity index (χ0v) is 27.8. The summed E-state index contributed by atoms with van der Waals surface area (Å²) in [5.74, 6) is 0. The van der Waals surface area contributed by atoms with Gasteiger partial charge in [0.2, 0.25) is 0 Å². The Morgan fingerprint density at radius 1 is 0.211 bits per heavy atom. The molecule has 0 aromatic carbocycles. The highest BCUT2D eigenvalue weighted by molar-refractivity contribution is 4.54. The van der Waals surface area contributed by atoms with Gasteiger partial charge >= 0.3 is 0 Å². The fourth-order valence-electron chi connectivity index (χ4n) is 6.46. The molecule has 0 saturated heterocycles. The summed E-state index contributed by atoms with van der Waals surface area (Å²) in [5.41, 5.74) is 0. The zero-order valence-electron chi connectivity index (χ0n) is 27.8. The second kappa shape index (κ2) is 31.5. The SMILES string of the molecule is CCCCCCCCCCCCCCCCCCCCCC[N+](CCCCC)(CCCCC)CCCCC. The van der Waals surface area contributed by atoms with Gasteiger partial charge in [0.15, 0.2) is 0 Å². The Hall–Kier alpha value is -0.0400. The van der Waals surface area contributed by atoms with Crippen LogP contribution >= 0.6 is 0 Å². The fraction of sp³-hybridized carbons (Fsp3) is 1.00. The predicted octanol–water partition coefficient (Wildman–Crippen LogP) is 13.2. The van der Waals surface area contributed by atoms with Crippen molar-refractivity contribution in [1.82, 2.24) is 0 Å². The fourth-order valence-corrected chi connectivity index (χ4v) is 6.46. The molecule has 0 unspecified atom stereocenters. The van der Waals surface area contributed by atoms with E-state index in [4.69, 9.17) is 0 Å². The van der Waals surface area contributed by atoms with E-state index < -0.39 is 0 Å². The second-order valence-electron chi connectivity index (χ2n) is 13.1. The first-order valence-corrected chi connectivity index (χ1v) is 18.6. The Labute approximate surface area is 244 Å². The third-order valence-corrected chi connectivity index (χ3v) is 9.19. The molecule has 0 saturated carbocycles. The molecule has 0 aromatic rings. The van der Waals surface area contributed by atoms with Crippen molar-refractivity contribution in [2.75, 3.05) is 26.2 Å². The van der Waals surface area contributed by atoms with E-state index in [9.17, 15) is 0 Å². The predicted molar refractivity (Wildman–Crippen MR) is 176 cm³/mol. The van der Waals surface area contributed by atoms with Gasteiger partial charge in [0.1, 0.15) is 0 Å². The van der Waals surface area contributed by atoms with Crippen LogP contribution in [-0.4, -0.2) is 30.7 Å². The Kier molecular flexibility index (Phi) is 31.5. The van der Waals surface area contributed by atoms with Crippen LogP contribution in [0.5, 0.6) is 0 Å². The summed E-state index contributed by atoms with van der Waals surface area (Å²) in [4.78, 5) is 0. The maximum atomic E-state index is 2.36. The van der Waals surface area contributed by atoms with Crippen molar-refractivity contribution in [2.45, 2.75) is 214 Å². The van der Waals surface area contributed by atoms with Gasteiger partial charge in [0.05, 0.1) is 26.2 Å². The third kappa shape index (κ3) is 26.2. The summed E-state index contributed by atoms with van der Waals surface area (Å²) < 4.78 is 1.46. The minimum atomic E-state index is 1.36. The van der Waals surface area contributed by atoms with Crippen molar-refractivity contribution >= 4 is 0 Å². The van der Waals surface area contributed by atoms with E-state index in [1.54, 1.807) is 0 Å². The van der Waals surface area contributed by atoms with Crippen LogP contribution in [0.15, 0.2) is 0 Å². The van der Waals surface area contributed by atoms with Crippen molar-refractivity contribution in [1.29, 1.82) is 0 Å². The molecule has 0 rings (SSSR count). The van der Waals surface area contributed by atoms with E-state index in [1.165, 1.54) is 217 Å². The second-order valence-corrected chi connectivity index (χ2v) is 13.1. The lowest BCUT2D eigenvalue weighted by molar-refractivity contribution is -0.929. The summed E-state index contributed by atoms with van der Waals surface area (Å²) in [6, 6.07) is 0. The van der Waals surface area contributed by atoms with E-state index in [-0.39, 0.29) is 0 Å². The molecule has 0 bridgehead atoms. The lowest BCUT2D eigenvalue weighted by Gasteiger charge is -2.39. The first kappa shape index (κ1) is 38.0. The quantitative estimate of drug-likeness (QED) is 0.0577. The third-order valence-electron chi connectivity index (χ3n) is 9.19. The van der Waals surface area contributed by atoms with Crippen molar-refractivity contribution in [3.63, 3.8) is 0 Å². The standard InChI is InChI=1S/C37H78N/c1-5-9-13-14-15-16-17-18-19-20-21-22-23-24-25-26-27-28-29-33-37-38(34-30-10-6-2,35-31-11-7-3)36-32-12-8-4/h5-37H2,1-4H3/q+1.